The Morgan fingerprint density at radius 1 is 1.02 bits per heavy atom. The van der Waals surface area contributed by atoms with E-state index < -0.39 is 16.7 Å². The lowest BCUT2D eigenvalue weighted by Crippen LogP contribution is -2.36. The van der Waals surface area contributed by atoms with Gasteiger partial charge >= 0.3 is 0 Å². The molecule has 2 aliphatic heterocycles. The molecule has 0 aliphatic carbocycles. The minimum atomic E-state index is -1.33. The highest BCUT2D eigenvalue weighted by Gasteiger charge is 2.25. The molecule has 0 radical (unpaired) electrons. The molecule has 11 nitrogen and oxygen atoms in total. The third-order valence-electron chi connectivity index (χ3n) is 9.08. The van der Waals surface area contributed by atoms with Crippen molar-refractivity contribution in [1.29, 1.82) is 0 Å². The molecule has 0 saturated carbocycles. The number of benzene rings is 2. The number of halogens is 2. The number of hydrogen-bond acceptors (Lipinski definition) is 9. The van der Waals surface area contributed by atoms with Crippen molar-refractivity contribution in [3.63, 3.8) is 0 Å². The molecule has 2 saturated heterocycles. The van der Waals surface area contributed by atoms with Crippen LogP contribution in [0, 0.1) is 0 Å². The summed E-state index contributed by atoms with van der Waals surface area (Å²) in [5.74, 6) is 0.537. The van der Waals surface area contributed by atoms with Crippen molar-refractivity contribution in [1.82, 2.24) is 29.2 Å². The predicted octanol–water partition coefficient (Wildman–Crippen LogP) is 5.31. The molecule has 4 heterocycles. The Morgan fingerprint density at radius 2 is 1.67 bits per heavy atom. The normalized spacial score (nSPS) is 16.4. The first kappa shape index (κ1) is 35.4. The molecule has 2 N–H and O–H groups in total. The highest BCUT2D eigenvalue weighted by atomic mass is 35.5. The van der Waals surface area contributed by atoms with E-state index >= 15 is 0 Å². The second-order valence-electron chi connectivity index (χ2n) is 13.0. The van der Waals surface area contributed by atoms with Gasteiger partial charge in [0.15, 0.2) is 4.90 Å². The first-order valence-corrected chi connectivity index (χ1v) is 18.7. The summed E-state index contributed by atoms with van der Waals surface area (Å²) in [6, 6.07) is 13.2. The molecule has 1 unspecified atom stereocenters. The Bertz CT molecular complexity index is 1840. The third kappa shape index (κ3) is 8.50. The molecule has 4 aromatic rings. The van der Waals surface area contributed by atoms with E-state index in [-0.39, 0.29) is 28.1 Å². The number of nitrogens with one attached hydrogen (secondary N) is 2. The second-order valence-corrected chi connectivity index (χ2v) is 15.4. The van der Waals surface area contributed by atoms with Gasteiger partial charge in [0.1, 0.15) is 17.9 Å². The molecule has 49 heavy (non-hydrogen) atoms. The number of hydrogen-bond donors (Lipinski definition) is 2. The summed E-state index contributed by atoms with van der Waals surface area (Å²) >= 11 is 12.2. The molecular formula is C35H42Cl2N8O3S. The van der Waals surface area contributed by atoms with Gasteiger partial charge in [-0.15, -0.1) is 0 Å². The van der Waals surface area contributed by atoms with E-state index in [1.165, 1.54) is 4.57 Å². The van der Waals surface area contributed by atoms with Gasteiger partial charge in [-0.25, -0.2) is 4.98 Å². The molecule has 2 fully saturated rings. The molecule has 1 amide bonds. The van der Waals surface area contributed by atoms with Crippen molar-refractivity contribution in [2.45, 2.75) is 43.2 Å². The smallest absolute Gasteiger partial charge is 0.260 e. The number of fused-ring (bicyclic) bond motifs is 1. The summed E-state index contributed by atoms with van der Waals surface area (Å²) in [6.45, 7) is 3.90. The van der Waals surface area contributed by atoms with Gasteiger partial charge in [-0.05, 0) is 101 Å². The Labute approximate surface area is 299 Å². The predicted molar refractivity (Wildman–Crippen MR) is 199 cm³/mol. The van der Waals surface area contributed by atoms with Crippen LogP contribution in [-0.4, -0.2) is 105 Å². The third-order valence-corrected chi connectivity index (χ3v) is 11.0. The minimum Gasteiger partial charge on any atom is -0.611 e. The molecule has 260 valence electrons. The van der Waals surface area contributed by atoms with Crippen LogP contribution in [-0.2, 0) is 22.5 Å². The minimum absolute atomic E-state index is 0.164. The van der Waals surface area contributed by atoms with Crippen LogP contribution in [0.15, 0.2) is 58.4 Å². The van der Waals surface area contributed by atoms with Gasteiger partial charge in [0.2, 0.25) is 11.9 Å². The van der Waals surface area contributed by atoms with Gasteiger partial charge in [-0.3, -0.25) is 14.2 Å². The van der Waals surface area contributed by atoms with Gasteiger partial charge in [-0.2, -0.15) is 4.98 Å². The fourth-order valence-electron chi connectivity index (χ4n) is 6.24. The van der Waals surface area contributed by atoms with Gasteiger partial charge < -0.3 is 29.9 Å². The van der Waals surface area contributed by atoms with Gasteiger partial charge in [0.05, 0.1) is 15.6 Å². The van der Waals surface area contributed by atoms with Crippen LogP contribution in [0.25, 0.3) is 22.2 Å². The molecule has 2 aromatic heterocycles. The van der Waals surface area contributed by atoms with Crippen molar-refractivity contribution in [2.24, 2.45) is 0 Å². The Hall–Kier alpha value is -3.39. The summed E-state index contributed by atoms with van der Waals surface area (Å²) in [6.07, 6.45) is 5.68. The van der Waals surface area contributed by atoms with Crippen LogP contribution < -0.4 is 16.2 Å². The van der Waals surface area contributed by atoms with Crippen molar-refractivity contribution < 1.29 is 9.35 Å². The first-order valence-electron chi connectivity index (χ1n) is 16.6. The van der Waals surface area contributed by atoms with Crippen LogP contribution in [0.3, 0.4) is 0 Å². The maximum absolute atomic E-state index is 14.2. The SMILES string of the molecule is CN(C)CC[S+]([O-])c1cc(Cl)c(-c2cc3cnc(Nc4ccc(NC5CCN(C)CC5)cc4)nc3n(CC(=O)N3CCCC3)c2=O)c(Cl)c1. The summed E-state index contributed by atoms with van der Waals surface area (Å²) in [7, 11) is 5.97. The zero-order valence-electron chi connectivity index (χ0n) is 28.0. The number of pyridine rings is 1. The maximum atomic E-state index is 14.2. The fraction of sp³-hybridized carbons (Fsp3) is 0.429. The number of aromatic nitrogens is 3. The van der Waals surface area contributed by atoms with Gasteiger partial charge in [-0.1, -0.05) is 23.2 Å². The highest BCUT2D eigenvalue weighted by molar-refractivity contribution is 7.91. The number of piperidine rings is 1. The van der Waals surface area contributed by atoms with E-state index in [4.69, 9.17) is 28.2 Å². The van der Waals surface area contributed by atoms with Crippen LogP contribution in [0.1, 0.15) is 25.7 Å². The second kappa shape index (κ2) is 15.7. The van der Waals surface area contributed by atoms with E-state index in [1.54, 1.807) is 29.3 Å². The molecule has 14 heteroatoms. The Kier molecular flexibility index (Phi) is 11.3. The molecule has 2 aromatic carbocycles. The lowest BCUT2D eigenvalue weighted by atomic mass is 10.1. The van der Waals surface area contributed by atoms with Crippen molar-refractivity contribution in [3.05, 3.63) is 69.1 Å². The summed E-state index contributed by atoms with van der Waals surface area (Å²) in [4.78, 5) is 43.4. The molecule has 6 rings (SSSR count). The average Bonchev–Trinajstić information content (AvgIpc) is 3.63. The number of likely N-dealkylation sites (tertiary alicyclic amines) is 2. The van der Waals surface area contributed by atoms with Crippen molar-refractivity contribution in [2.75, 3.05) is 70.3 Å². The fourth-order valence-corrected chi connectivity index (χ4v) is 8.32. The van der Waals surface area contributed by atoms with Gasteiger partial charge in [0, 0.05) is 66.3 Å². The molecule has 0 spiro atoms. The largest absolute Gasteiger partial charge is 0.611 e. The molecule has 0 bridgehead atoms. The maximum Gasteiger partial charge on any atom is 0.260 e. The van der Waals surface area contributed by atoms with E-state index in [9.17, 15) is 14.1 Å². The molecule has 1 atom stereocenters. The van der Waals surface area contributed by atoms with E-state index in [2.05, 4.69) is 27.6 Å². The summed E-state index contributed by atoms with van der Waals surface area (Å²) < 4.78 is 14.3. The number of carbonyl (C=O) groups is 1. The topological polar surface area (TPSA) is 122 Å². The summed E-state index contributed by atoms with van der Waals surface area (Å²) in [5.41, 5.74) is 2.20. The highest BCUT2D eigenvalue weighted by Crippen LogP contribution is 2.37. The molecule has 2 aliphatic rings. The number of anilines is 3. The van der Waals surface area contributed by atoms with E-state index in [1.807, 2.05) is 43.3 Å². The van der Waals surface area contributed by atoms with Crippen LogP contribution in [0.5, 0.6) is 0 Å². The Balaban J connectivity index is 1.31. The van der Waals surface area contributed by atoms with Crippen molar-refractivity contribution >= 4 is 68.6 Å². The monoisotopic (exact) mass is 724 g/mol. The Morgan fingerprint density at radius 3 is 2.33 bits per heavy atom. The summed E-state index contributed by atoms with van der Waals surface area (Å²) in [5, 5.41) is 7.80. The van der Waals surface area contributed by atoms with Crippen LogP contribution in [0.2, 0.25) is 10.0 Å². The van der Waals surface area contributed by atoms with E-state index in [0.29, 0.717) is 58.9 Å². The number of nitrogens with zero attached hydrogens (tertiary/aromatic N) is 6. The molecular weight excluding hydrogens is 683 g/mol. The first-order chi connectivity index (χ1) is 23.5. The van der Waals surface area contributed by atoms with Crippen LogP contribution >= 0.6 is 23.2 Å². The van der Waals surface area contributed by atoms with Crippen LogP contribution in [0.4, 0.5) is 17.3 Å². The number of rotatable bonds is 11. The standard InChI is InChI=1S/C35H42Cl2N8O3S/c1-42(2)16-17-49(48)27-19-29(36)32(30(37)20-27)28-18-23-21-38-35(41-33(23)45(34(28)47)22-31(46)44-12-4-5-13-44)40-25-8-6-24(7-9-25)39-26-10-14-43(3)15-11-26/h6-9,18-21,26,39H,4-5,10-17,22H2,1-3H3,(H,38,40,41). The number of carbonyl (C=O) groups excluding carboxylic acids is 1. The average molecular weight is 726 g/mol. The van der Waals surface area contributed by atoms with E-state index in [0.717, 1.165) is 50.1 Å². The number of amides is 1. The van der Waals surface area contributed by atoms with Crippen molar-refractivity contribution in [3.8, 4) is 11.1 Å². The quantitative estimate of drug-likeness (QED) is 0.198. The lowest BCUT2D eigenvalue weighted by Gasteiger charge is -2.30. The zero-order valence-corrected chi connectivity index (χ0v) is 30.4. The zero-order chi connectivity index (χ0) is 34.7. The lowest BCUT2D eigenvalue weighted by molar-refractivity contribution is -0.130. The van der Waals surface area contributed by atoms with Gasteiger partial charge in [0.25, 0.3) is 5.56 Å².